The lowest BCUT2D eigenvalue weighted by Gasteiger charge is -2.11. The predicted molar refractivity (Wildman–Crippen MR) is 78.6 cm³/mol. The molecule has 6 heteroatoms. The molecule has 1 amide bonds. The van der Waals surface area contributed by atoms with Crippen molar-refractivity contribution in [2.24, 2.45) is 0 Å². The van der Waals surface area contributed by atoms with Crippen molar-refractivity contribution < 1.29 is 4.79 Å². The van der Waals surface area contributed by atoms with E-state index in [1.165, 1.54) is 0 Å². The number of benzene rings is 1. The largest absolute Gasteiger partial charge is 0.398 e. The van der Waals surface area contributed by atoms with Gasteiger partial charge in [-0.05, 0) is 32.0 Å². The van der Waals surface area contributed by atoms with Crippen molar-refractivity contribution in [3.63, 3.8) is 0 Å². The number of aromatic nitrogens is 1. The average Bonchev–Trinajstić information content (AvgIpc) is 2.79. The molecule has 1 heterocycles. The van der Waals surface area contributed by atoms with Gasteiger partial charge >= 0.3 is 0 Å². The molecule has 2 rings (SSSR count). The molecule has 0 saturated heterocycles. The van der Waals surface area contributed by atoms with E-state index >= 15 is 0 Å². The van der Waals surface area contributed by atoms with E-state index in [2.05, 4.69) is 10.3 Å². The van der Waals surface area contributed by atoms with Gasteiger partial charge in [0.15, 0.2) is 0 Å². The van der Waals surface area contributed by atoms with Crippen molar-refractivity contribution in [1.29, 1.82) is 0 Å². The number of nitrogens with two attached hydrogens (primary N) is 1. The van der Waals surface area contributed by atoms with Gasteiger partial charge in [-0.2, -0.15) is 0 Å². The van der Waals surface area contributed by atoms with Crippen LogP contribution in [0.2, 0.25) is 5.02 Å². The maximum absolute atomic E-state index is 12.1. The molecule has 0 bridgehead atoms. The van der Waals surface area contributed by atoms with E-state index in [9.17, 15) is 4.79 Å². The van der Waals surface area contributed by atoms with Gasteiger partial charge in [-0.3, -0.25) is 4.79 Å². The molecule has 1 aromatic carbocycles. The number of carbonyl (C=O) groups is 1. The van der Waals surface area contributed by atoms with Crippen molar-refractivity contribution in [1.82, 2.24) is 10.3 Å². The molecule has 1 aromatic heterocycles. The molecule has 4 nitrogen and oxygen atoms in total. The zero-order chi connectivity index (χ0) is 14.0. The predicted octanol–water partition coefficient (Wildman–Crippen LogP) is 3.18. The summed E-state index contributed by atoms with van der Waals surface area (Å²) in [5, 5.41) is 4.14. The molecule has 0 aliphatic carbocycles. The Morgan fingerprint density at radius 1 is 1.53 bits per heavy atom. The number of aryl methyl sites for hydroxylation is 1. The van der Waals surface area contributed by atoms with Gasteiger partial charge < -0.3 is 11.1 Å². The molecular formula is C13H14ClN3OS. The quantitative estimate of drug-likeness (QED) is 0.855. The highest BCUT2D eigenvalue weighted by Gasteiger charge is 2.14. The van der Waals surface area contributed by atoms with Gasteiger partial charge in [0, 0.05) is 16.6 Å². The SMILES string of the molecule is Cc1cnc(C(C)NC(=O)c2ccc(N)c(Cl)c2)s1. The number of nitrogens with one attached hydrogen (secondary N) is 1. The van der Waals surface area contributed by atoms with Crippen LogP contribution in [-0.4, -0.2) is 10.9 Å². The van der Waals surface area contributed by atoms with Gasteiger partial charge in [0.1, 0.15) is 5.01 Å². The van der Waals surface area contributed by atoms with E-state index in [1.807, 2.05) is 13.8 Å². The summed E-state index contributed by atoms with van der Waals surface area (Å²) in [5.74, 6) is -0.192. The Bertz CT molecular complexity index is 612. The molecule has 19 heavy (non-hydrogen) atoms. The first-order valence-corrected chi connectivity index (χ1v) is 6.95. The van der Waals surface area contributed by atoms with Crippen LogP contribution in [-0.2, 0) is 0 Å². The molecule has 1 unspecified atom stereocenters. The van der Waals surface area contributed by atoms with Crippen molar-refractivity contribution in [3.05, 3.63) is 44.9 Å². The standard InChI is InChI=1S/C13H14ClN3OS/c1-7-6-16-13(19-7)8(2)17-12(18)9-3-4-11(15)10(14)5-9/h3-6,8H,15H2,1-2H3,(H,17,18). The summed E-state index contributed by atoms with van der Waals surface area (Å²) in [4.78, 5) is 17.4. The van der Waals surface area contributed by atoms with Gasteiger partial charge in [-0.1, -0.05) is 11.6 Å². The highest BCUT2D eigenvalue weighted by atomic mass is 35.5. The molecule has 1 atom stereocenters. The van der Waals surface area contributed by atoms with E-state index in [0.717, 1.165) is 9.88 Å². The number of thiazole rings is 1. The van der Waals surface area contributed by atoms with Crippen molar-refractivity contribution in [2.75, 3.05) is 5.73 Å². The van der Waals surface area contributed by atoms with Crippen LogP contribution >= 0.6 is 22.9 Å². The first-order valence-electron chi connectivity index (χ1n) is 5.75. The maximum atomic E-state index is 12.1. The molecular weight excluding hydrogens is 282 g/mol. The average molecular weight is 296 g/mol. The highest BCUT2D eigenvalue weighted by Crippen LogP contribution is 2.22. The number of carbonyl (C=O) groups excluding carboxylic acids is 1. The van der Waals surface area contributed by atoms with Gasteiger partial charge in [-0.15, -0.1) is 11.3 Å². The van der Waals surface area contributed by atoms with E-state index in [1.54, 1.807) is 35.7 Å². The number of rotatable bonds is 3. The van der Waals surface area contributed by atoms with Crippen molar-refractivity contribution in [3.8, 4) is 0 Å². The molecule has 0 aliphatic heterocycles. The van der Waals surface area contributed by atoms with Crippen LogP contribution in [0.25, 0.3) is 0 Å². The number of hydrogen-bond acceptors (Lipinski definition) is 4. The molecule has 0 fully saturated rings. The second-order valence-electron chi connectivity index (χ2n) is 4.24. The fraction of sp³-hybridized carbons (Fsp3) is 0.231. The van der Waals surface area contributed by atoms with Crippen LogP contribution in [0, 0.1) is 6.92 Å². The second kappa shape index (κ2) is 5.59. The fourth-order valence-corrected chi connectivity index (χ4v) is 2.54. The fourth-order valence-electron chi connectivity index (χ4n) is 1.58. The summed E-state index contributed by atoms with van der Waals surface area (Å²) >= 11 is 7.47. The molecule has 3 N–H and O–H groups in total. The molecule has 2 aromatic rings. The van der Waals surface area contributed by atoms with Gasteiger partial charge in [-0.25, -0.2) is 4.98 Å². The zero-order valence-electron chi connectivity index (χ0n) is 10.6. The molecule has 100 valence electrons. The summed E-state index contributed by atoms with van der Waals surface area (Å²) in [6.07, 6.45) is 1.79. The molecule has 0 spiro atoms. The normalized spacial score (nSPS) is 12.2. The maximum Gasteiger partial charge on any atom is 0.251 e. The summed E-state index contributed by atoms with van der Waals surface area (Å²) in [5.41, 5.74) is 6.56. The second-order valence-corrected chi connectivity index (χ2v) is 5.91. The third-order valence-corrected chi connectivity index (χ3v) is 4.04. The van der Waals surface area contributed by atoms with E-state index in [-0.39, 0.29) is 11.9 Å². The Kier molecular flexibility index (Phi) is 4.07. The minimum absolute atomic E-state index is 0.137. The third-order valence-electron chi connectivity index (χ3n) is 2.62. The number of halogens is 1. The number of amides is 1. The summed E-state index contributed by atoms with van der Waals surface area (Å²) in [6.45, 7) is 3.88. The Hall–Kier alpha value is -1.59. The van der Waals surface area contributed by atoms with Crippen LogP contribution in [0.5, 0.6) is 0 Å². The van der Waals surface area contributed by atoms with E-state index in [4.69, 9.17) is 17.3 Å². The number of nitrogen functional groups attached to an aromatic ring is 1. The summed E-state index contributed by atoms with van der Waals surface area (Å²) in [6, 6.07) is 4.69. The minimum Gasteiger partial charge on any atom is -0.398 e. The van der Waals surface area contributed by atoms with E-state index < -0.39 is 0 Å². The Morgan fingerprint density at radius 3 is 2.84 bits per heavy atom. The monoisotopic (exact) mass is 295 g/mol. The third kappa shape index (κ3) is 3.24. The lowest BCUT2D eigenvalue weighted by molar-refractivity contribution is 0.0940. The molecule has 0 saturated carbocycles. The van der Waals surface area contributed by atoms with Gasteiger partial charge in [0.25, 0.3) is 5.91 Å². The minimum atomic E-state index is -0.192. The number of anilines is 1. The number of nitrogens with zero attached hydrogens (tertiary/aromatic N) is 1. The molecule has 0 aliphatic rings. The van der Waals surface area contributed by atoms with Crippen molar-refractivity contribution >= 4 is 34.5 Å². The van der Waals surface area contributed by atoms with Crippen LogP contribution in [0.15, 0.2) is 24.4 Å². The summed E-state index contributed by atoms with van der Waals surface area (Å²) < 4.78 is 0. The summed E-state index contributed by atoms with van der Waals surface area (Å²) in [7, 11) is 0. The van der Waals surface area contributed by atoms with Crippen LogP contribution in [0.4, 0.5) is 5.69 Å². The lowest BCUT2D eigenvalue weighted by Crippen LogP contribution is -2.26. The lowest BCUT2D eigenvalue weighted by atomic mass is 10.2. The first-order chi connectivity index (χ1) is 8.97. The zero-order valence-corrected chi connectivity index (χ0v) is 12.2. The Morgan fingerprint density at radius 2 is 2.26 bits per heavy atom. The van der Waals surface area contributed by atoms with Crippen LogP contribution < -0.4 is 11.1 Å². The van der Waals surface area contributed by atoms with Crippen LogP contribution in [0.3, 0.4) is 0 Å². The number of hydrogen-bond donors (Lipinski definition) is 2. The van der Waals surface area contributed by atoms with Crippen molar-refractivity contribution in [2.45, 2.75) is 19.9 Å². The Labute approximate surface area is 120 Å². The smallest absolute Gasteiger partial charge is 0.251 e. The first kappa shape index (κ1) is 13.8. The van der Waals surface area contributed by atoms with Crippen LogP contribution in [0.1, 0.15) is 33.2 Å². The topological polar surface area (TPSA) is 68.0 Å². The Balaban J connectivity index is 2.10. The van der Waals surface area contributed by atoms with Gasteiger partial charge in [0.2, 0.25) is 0 Å². The van der Waals surface area contributed by atoms with E-state index in [0.29, 0.717) is 16.3 Å². The molecule has 0 radical (unpaired) electrons. The highest BCUT2D eigenvalue weighted by molar-refractivity contribution is 7.11. The van der Waals surface area contributed by atoms with Gasteiger partial charge in [0.05, 0.1) is 16.8 Å².